The highest BCUT2D eigenvalue weighted by Gasteiger charge is 1.97. The minimum absolute atomic E-state index is 0.821. The van der Waals surface area contributed by atoms with Gasteiger partial charge in [0.25, 0.3) is 0 Å². The minimum Gasteiger partial charge on any atom is -0.121 e. The number of thioether (sulfide) groups is 1. The van der Waals surface area contributed by atoms with Crippen molar-refractivity contribution in [1.82, 2.24) is 0 Å². The Bertz CT molecular complexity index is 846. The molecule has 0 unspecified atom stereocenters. The number of rotatable bonds is 3. The van der Waals surface area contributed by atoms with Crippen LogP contribution in [0, 0.1) is 11.8 Å². The van der Waals surface area contributed by atoms with Crippen LogP contribution in [0.5, 0.6) is 0 Å². The molecule has 0 radical (unpaired) electrons. The van der Waals surface area contributed by atoms with Crippen LogP contribution in [0.15, 0.2) is 89.8 Å². The fourth-order valence-electron chi connectivity index (χ4n) is 2.21. The molecule has 22 heavy (non-hydrogen) atoms. The van der Waals surface area contributed by atoms with E-state index in [4.69, 9.17) is 0 Å². The van der Waals surface area contributed by atoms with E-state index in [-0.39, 0.29) is 0 Å². The summed E-state index contributed by atoms with van der Waals surface area (Å²) in [6.07, 6.45) is 0. The van der Waals surface area contributed by atoms with E-state index in [1.807, 2.05) is 30.3 Å². The summed E-state index contributed by atoms with van der Waals surface area (Å²) in [6, 6.07) is 24.9. The van der Waals surface area contributed by atoms with Gasteiger partial charge in [-0.1, -0.05) is 73.0 Å². The lowest BCUT2D eigenvalue weighted by Crippen LogP contribution is -1.83. The zero-order chi connectivity index (χ0) is 15.2. The van der Waals surface area contributed by atoms with Crippen LogP contribution in [0.3, 0.4) is 0 Å². The Balaban J connectivity index is 1.73. The van der Waals surface area contributed by atoms with Gasteiger partial charge < -0.3 is 0 Å². The van der Waals surface area contributed by atoms with E-state index in [1.165, 1.54) is 15.7 Å². The van der Waals surface area contributed by atoms with E-state index in [2.05, 4.69) is 60.9 Å². The van der Waals surface area contributed by atoms with Gasteiger partial charge in [-0.05, 0) is 29.0 Å². The van der Waals surface area contributed by atoms with Crippen molar-refractivity contribution < 1.29 is 0 Å². The van der Waals surface area contributed by atoms with E-state index >= 15 is 0 Å². The Morgan fingerprint density at radius 3 is 2.45 bits per heavy atom. The summed E-state index contributed by atoms with van der Waals surface area (Å²) in [5.74, 6) is 7.28. The summed E-state index contributed by atoms with van der Waals surface area (Å²) in [5, 5.41) is 2.42. The van der Waals surface area contributed by atoms with Gasteiger partial charge in [0.05, 0.1) is 0 Å². The maximum absolute atomic E-state index is 4.07. The molecular formula is C21H16S. The predicted octanol–water partition coefficient (Wildman–Crippen LogP) is 5.54. The van der Waals surface area contributed by atoms with Gasteiger partial charge in [0.15, 0.2) is 0 Å². The quantitative estimate of drug-likeness (QED) is 0.452. The van der Waals surface area contributed by atoms with Gasteiger partial charge in [0, 0.05) is 21.8 Å². The highest BCUT2D eigenvalue weighted by atomic mass is 32.2. The molecule has 0 aliphatic carbocycles. The molecule has 0 heterocycles. The molecule has 0 aromatic heterocycles. The third-order valence-electron chi connectivity index (χ3n) is 3.32. The highest BCUT2D eigenvalue weighted by Crippen LogP contribution is 2.20. The fraction of sp³-hybridized carbons (Fsp3) is 0.0476. The Kier molecular flexibility index (Phi) is 4.63. The summed E-state index contributed by atoms with van der Waals surface area (Å²) < 4.78 is 0. The van der Waals surface area contributed by atoms with Crippen molar-refractivity contribution in [3.8, 4) is 11.8 Å². The lowest BCUT2D eigenvalue weighted by atomic mass is 10.0. The molecule has 0 saturated carbocycles. The first kappa shape index (κ1) is 14.5. The van der Waals surface area contributed by atoms with Crippen LogP contribution >= 0.6 is 11.8 Å². The van der Waals surface area contributed by atoms with Crippen molar-refractivity contribution in [2.75, 3.05) is 5.75 Å². The lowest BCUT2D eigenvalue weighted by molar-refractivity contribution is 1.45. The molecule has 1 heteroatoms. The van der Waals surface area contributed by atoms with Crippen LogP contribution in [0.4, 0.5) is 0 Å². The van der Waals surface area contributed by atoms with Crippen LogP contribution in [-0.4, -0.2) is 5.75 Å². The van der Waals surface area contributed by atoms with E-state index in [9.17, 15) is 0 Å². The van der Waals surface area contributed by atoms with Gasteiger partial charge >= 0.3 is 0 Å². The lowest BCUT2D eigenvalue weighted by Gasteiger charge is -2.01. The number of hydrogen-bond donors (Lipinski definition) is 0. The molecule has 106 valence electrons. The smallest absolute Gasteiger partial charge is 0.0327 e. The second-order valence-electron chi connectivity index (χ2n) is 4.98. The molecule has 0 fully saturated rings. The average Bonchev–Trinajstić information content (AvgIpc) is 2.59. The summed E-state index contributed by atoms with van der Waals surface area (Å²) in [5.41, 5.74) is 2.01. The van der Waals surface area contributed by atoms with Crippen LogP contribution in [0.2, 0.25) is 0 Å². The third-order valence-corrected chi connectivity index (χ3v) is 4.42. The molecule has 0 spiro atoms. The molecule has 0 aliphatic rings. The van der Waals surface area contributed by atoms with Crippen LogP contribution < -0.4 is 0 Å². The van der Waals surface area contributed by atoms with Crippen LogP contribution in [0.25, 0.3) is 10.8 Å². The molecular weight excluding hydrogens is 284 g/mol. The Morgan fingerprint density at radius 1 is 0.864 bits per heavy atom. The number of benzene rings is 3. The van der Waals surface area contributed by atoms with Gasteiger partial charge in [-0.2, -0.15) is 0 Å². The monoisotopic (exact) mass is 300 g/mol. The SMILES string of the molecule is C=C(C#Cc1cccc2ccccc12)CSc1ccccc1. The molecule has 0 nitrogen and oxygen atoms in total. The summed E-state index contributed by atoms with van der Waals surface area (Å²) in [4.78, 5) is 1.25. The molecule has 0 amide bonds. The molecule has 3 aromatic rings. The van der Waals surface area contributed by atoms with Crippen molar-refractivity contribution >= 4 is 22.5 Å². The second-order valence-corrected chi connectivity index (χ2v) is 6.03. The second kappa shape index (κ2) is 7.02. The topological polar surface area (TPSA) is 0 Å². The minimum atomic E-state index is 0.821. The molecule has 0 atom stereocenters. The average molecular weight is 300 g/mol. The highest BCUT2D eigenvalue weighted by molar-refractivity contribution is 7.99. The normalized spacial score (nSPS) is 10.0. The molecule has 3 rings (SSSR count). The van der Waals surface area contributed by atoms with Crippen molar-refractivity contribution in [2.45, 2.75) is 4.90 Å². The van der Waals surface area contributed by atoms with Gasteiger partial charge in [-0.15, -0.1) is 11.8 Å². The van der Waals surface area contributed by atoms with Gasteiger partial charge in [-0.3, -0.25) is 0 Å². The van der Waals surface area contributed by atoms with Gasteiger partial charge in [0.1, 0.15) is 0 Å². The third kappa shape index (κ3) is 3.61. The molecule has 0 saturated heterocycles. The number of hydrogen-bond acceptors (Lipinski definition) is 1. The van der Waals surface area contributed by atoms with Crippen molar-refractivity contribution in [2.24, 2.45) is 0 Å². The van der Waals surface area contributed by atoms with Crippen LogP contribution in [-0.2, 0) is 0 Å². The fourth-order valence-corrected chi connectivity index (χ4v) is 2.98. The summed E-state index contributed by atoms with van der Waals surface area (Å²) >= 11 is 1.77. The molecule has 0 aliphatic heterocycles. The summed E-state index contributed by atoms with van der Waals surface area (Å²) in [6.45, 7) is 4.07. The Hall–Kier alpha value is -2.43. The van der Waals surface area contributed by atoms with Gasteiger partial charge in [0.2, 0.25) is 0 Å². The first-order valence-corrected chi connectivity index (χ1v) is 8.17. The van der Waals surface area contributed by atoms with Crippen LogP contribution in [0.1, 0.15) is 5.56 Å². The molecule has 3 aromatic carbocycles. The van der Waals surface area contributed by atoms with E-state index in [0.29, 0.717) is 0 Å². The van der Waals surface area contributed by atoms with Crippen molar-refractivity contribution in [3.63, 3.8) is 0 Å². The summed E-state index contributed by atoms with van der Waals surface area (Å²) in [7, 11) is 0. The zero-order valence-electron chi connectivity index (χ0n) is 12.3. The number of fused-ring (bicyclic) bond motifs is 1. The van der Waals surface area contributed by atoms with Gasteiger partial charge in [-0.25, -0.2) is 0 Å². The maximum atomic E-state index is 4.07. The van der Waals surface area contributed by atoms with Crippen molar-refractivity contribution in [1.29, 1.82) is 0 Å². The first-order valence-electron chi connectivity index (χ1n) is 7.18. The Morgan fingerprint density at radius 2 is 1.59 bits per heavy atom. The Labute approximate surface area is 135 Å². The predicted molar refractivity (Wildman–Crippen MR) is 97.1 cm³/mol. The van der Waals surface area contributed by atoms with Crippen molar-refractivity contribution in [3.05, 3.63) is 90.5 Å². The first-order chi connectivity index (χ1) is 10.8. The maximum Gasteiger partial charge on any atom is 0.0327 e. The largest absolute Gasteiger partial charge is 0.121 e. The zero-order valence-corrected chi connectivity index (χ0v) is 13.1. The molecule has 0 bridgehead atoms. The van der Waals surface area contributed by atoms with E-state index in [0.717, 1.165) is 16.9 Å². The molecule has 0 N–H and O–H groups in total. The van der Waals surface area contributed by atoms with E-state index in [1.54, 1.807) is 11.8 Å². The van der Waals surface area contributed by atoms with E-state index < -0.39 is 0 Å². The standard InChI is InChI=1S/C21H16S/c1-17(16-22-20-11-3-2-4-12-20)14-15-19-10-7-9-18-8-5-6-13-21(18)19/h2-13H,1,16H2.